The number of ketones is 1. The first-order valence-corrected chi connectivity index (χ1v) is 12.6. The third-order valence-electron chi connectivity index (χ3n) is 8.00. The van der Waals surface area contributed by atoms with Crippen molar-refractivity contribution < 1.29 is 33.4 Å². The van der Waals surface area contributed by atoms with Crippen LogP contribution in [0.3, 0.4) is 0 Å². The van der Waals surface area contributed by atoms with Gasteiger partial charge in [-0.05, 0) is 36.7 Å². The molecule has 2 saturated carbocycles. The number of hydrogen-bond donors (Lipinski definition) is 0. The van der Waals surface area contributed by atoms with Gasteiger partial charge in [0.2, 0.25) is 5.78 Å². The van der Waals surface area contributed by atoms with Crippen LogP contribution < -0.4 is 0 Å². The van der Waals surface area contributed by atoms with Gasteiger partial charge in [-0.1, -0.05) is 52.3 Å². The van der Waals surface area contributed by atoms with Gasteiger partial charge in [-0.3, -0.25) is 19.2 Å². The van der Waals surface area contributed by atoms with E-state index in [0.717, 1.165) is 5.57 Å². The van der Waals surface area contributed by atoms with Gasteiger partial charge in [-0.15, -0.1) is 0 Å². The van der Waals surface area contributed by atoms with Crippen molar-refractivity contribution in [2.24, 2.45) is 35.0 Å². The van der Waals surface area contributed by atoms with Gasteiger partial charge in [0.05, 0.1) is 11.8 Å². The Balaban J connectivity index is 2.17. The van der Waals surface area contributed by atoms with Crippen LogP contribution in [0.15, 0.2) is 23.3 Å². The third kappa shape index (κ3) is 5.10. The average molecular weight is 489 g/mol. The lowest BCUT2D eigenvalue weighted by molar-refractivity contribution is -0.170. The zero-order valence-corrected chi connectivity index (χ0v) is 22.5. The van der Waals surface area contributed by atoms with Crippen molar-refractivity contribution in [2.75, 3.05) is 0 Å². The van der Waals surface area contributed by atoms with E-state index in [1.165, 1.54) is 13.8 Å². The molecule has 2 fully saturated rings. The second-order valence-electron chi connectivity index (χ2n) is 11.7. The van der Waals surface area contributed by atoms with Crippen LogP contribution in [0, 0.1) is 35.0 Å². The van der Waals surface area contributed by atoms with Gasteiger partial charge in [0.15, 0.2) is 5.60 Å². The van der Waals surface area contributed by atoms with Gasteiger partial charge in [-0.2, -0.15) is 0 Å². The van der Waals surface area contributed by atoms with Crippen LogP contribution in [0.25, 0.3) is 0 Å². The van der Waals surface area contributed by atoms with E-state index in [2.05, 4.69) is 13.8 Å². The van der Waals surface area contributed by atoms with Crippen molar-refractivity contribution in [3.63, 3.8) is 0 Å². The molecule has 7 atom stereocenters. The quantitative estimate of drug-likeness (QED) is 0.325. The standard InChI is InChI=1S/C28H40O7/c1-14(2)26(32)34-24-17(5)13-28(35-19(7)30)21(24)10-15(3)11-22(33-18(6)29)23-20(27(23,8)9)12-16(4)25(28)31/h10,12,14,17,20-24H,11,13H2,1-9H3/b15-10+,16-12+/t17-,20+,21-,22?,23+,24-,28+/m0/s1. The van der Waals surface area contributed by atoms with Gasteiger partial charge in [0.25, 0.3) is 0 Å². The first-order valence-electron chi connectivity index (χ1n) is 12.6. The molecule has 194 valence electrons. The minimum atomic E-state index is -1.47. The molecular formula is C28H40O7. The molecule has 0 aromatic carbocycles. The number of ether oxygens (including phenoxy) is 3. The van der Waals surface area contributed by atoms with E-state index in [9.17, 15) is 19.2 Å². The van der Waals surface area contributed by atoms with Crippen LogP contribution in [0.4, 0.5) is 0 Å². The van der Waals surface area contributed by atoms with E-state index in [1.807, 2.05) is 26.0 Å². The van der Waals surface area contributed by atoms with Gasteiger partial charge >= 0.3 is 17.9 Å². The molecule has 3 aliphatic rings. The highest BCUT2D eigenvalue weighted by atomic mass is 16.6. The summed E-state index contributed by atoms with van der Waals surface area (Å²) < 4.78 is 17.6. The van der Waals surface area contributed by atoms with Gasteiger partial charge in [0.1, 0.15) is 12.2 Å². The Morgan fingerprint density at radius 2 is 1.63 bits per heavy atom. The molecule has 1 unspecified atom stereocenters. The molecule has 0 aromatic rings. The molecule has 0 bridgehead atoms. The number of rotatable bonds is 4. The number of hydrogen-bond acceptors (Lipinski definition) is 7. The van der Waals surface area contributed by atoms with Gasteiger partial charge in [-0.25, -0.2) is 0 Å². The van der Waals surface area contributed by atoms with Crippen molar-refractivity contribution in [3.8, 4) is 0 Å². The maximum atomic E-state index is 14.1. The summed E-state index contributed by atoms with van der Waals surface area (Å²) >= 11 is 0. The number of esters is 3. The zero-order chi connectivity index (χ0) is 26.5. The van der Waals surface area contributed by atoms with Gasteiger partial charge < -0.3 is 14.2 Å². The van der Waals surface area contributed by atoms with Crippen LogP contribution in [0.2, 0.25) is 0 Å². The van der Waals surface area contributed by atoms with E-state index >= 15 is 0 Å². The Morgan fingerprint density at radius 3 is 2.17 bits per heavy atom. The lowest BCUT2D eigenvalue weighted by Gasteiger charge is -2.34. The zero-order valence-electron chi connectivity index (χ0n) is 22.5. The minimum absolute atomic E-state index is 0.0444. The van der Waals surface area contributed by atoms with Crippen molar-refractivity contribution in [3.05, 3.63) is 23.3 Å². The Hall–Kier alpha value is -2.44. The predicted molar refractivity (Wildman–Crippen MR) is 130 cm³/mol. The van der Waals surface area contributed by atoms with Crippen molar-refractivity contribution in [1.82, 2.24) is 0 Å². The van der Waals surface area contributed by atoms with Crippen LogP contribution in [-0.2, 0) is 33.4 Å². The second kappa shape index (κ2) is 9.55. The number of fused-ring (bicyclic) bond motifs is 2. The minimum Gasteiger partial charge on any atom is -0.462 e. The highest BCUT2D eigenvalue weighted by Crippen LogP contribution is 2.63. The Labute approximate surface area is 208 Å². The van der Waals surface area contributed by atoms with Gasteiger partial charge in [0, 0.05) is 32.6 Å². The molecular weight excluding hydrogens is 448 g/mol. The maximum absolute atomic E-state index is 14.1. The van der Waals surface area contributed by atoms with E-state index < -0.39 is 23.6 Å². The number of Topliss-reactive ketones (excluding diaryl/α,β-unsaturated/α-hetero) is 1. The molecule has 0 heterocycles. The molecule has 3 aliphatic carbocycles. The largest absolute Gasteiger partial charge is 0.462 e. The smallest absolute Gasteiger partial charge is 0.308 e. The molecule has 35 heavy (non-hydrogen) atoms. The number of allylic oxidation sites excluding steroid dienone is 1. The van der Waals surface area contributed by atoms with E-state index in [1.54, 1.807) is 20.8 Å². The van der Waals surface area contributed by atoms with Crippen LogP contribution in [0.1, 0.15) is 75.2 Å². The molecule has 7 nitrogen and oxygen atoms in total. The summed E-state index contributed by atoms with van der Waals surface area (Å²) in [6.07, 6.45) is 3.62. The van der Waals surface area contributed by atoms with E-state index in [0.29, 0.717) is 12.0 Å². The second-order valence-corrected chi connectivity index (χ2v) is 11.7. The van der Waals surface area contributed by atoms with Crippen molar-refractivity contribution >= 4 is 23.7 Å². The fraction of sp³-hybridized carbons (Fsp3) is 0.714. The predicted octanol–water partition coefficient (Wildman–Crippen LogP) is 4.58. The Bertz CT molecular complexity index is 972. The highest BCUT2D eigenvalue weighted by Gasteiger charge is 2.63. The molecule has 0 saturated heterocycles. The first kappa shape index (κ1) is 27.2. The van der Waals surface area contributed by atoms with Crippen LogP contribution in [0.5, 0.6) is 0 Å². The lowest BCUT2D eigenvalue weighted by atomic mass is 9.81. The molecule has 0 aliphatic heterocycles. The summed E-state index contributed by atoms with van der Waals surface area (Å²) in [4.78, 5) is 50.9. The van der Waals surface area contributed by atoms with Crippen molar-refractivity contribution in [2.45, 2.75) is 93.0 Å². The number of carbonyl (C=O) groups excluding carboxylic acids is 4. The molecule has 0 amide bonds. The maximum Gasteiger partial charge on any atom is 0.308 e. The molecule has 0 radical (unpaired) electrons. The van der Waals surface area contributed by atoms with Crippen LogP contribution in [-0.4, -0.2) is 41.5 Å². The topological polar surface area (TPSA) is 96.0 Å². The molecule has 0 spiro atoms. The third-order valence-corrected chi connectivity index (χ3v) is 8.00. The number of carbonyl (C=O) groups is 4. The molecule has 0 N–H and O–H groups in total. The summed E-state index contributed by atoms with van der Waals surface area (Å²) in [5.41, 5.74) is -0.209. The van der Waals surface area contributed by atoms with E-state index in [4.69, 9.17) is 14.2 Å². The molecule has 0 aromatic heterocycles. The first-order chi connectivity index (χ1) is 16.1. The van der Waals surface area contributed by atoms with E-state index in [-0.39, 0.29) is 59.3 Å². The molecule has 7 heteroatoms. The Morgan fingerprint density at radius 1 is 1.00 bits per heavy atom. The normalized spacial score (nSPS) is 39.1. The van der Waals surface area contributed by atoms with Crippen molar-refractivity contribution in [1.29, 1.82) is 0 Å². The summed E-state index contributed by atoms with van der Waals surface area (Å²) in [6, 6.07) is 0. The summed E-state index contributed by atoms with van der Waals surface area (Å²) in [6.45, 7) is 16.0. The molecule has 3 rings (SSSR count). The summed E-state index contributed by atoms with van der Waals surface area (Å²) in [7, 11) is 0. The monoisotopic (exact) mass is 488 g/mol. The highest BCUT2D eigenvalue weighted by molar-refractivity contribution is 6.03. The average Bonchev–Trinajstić information content (AvgIpc) is 3.16. The van der Waals surface area contributed by atoms with Crippen LogP contribution >= 0.6 is 0 Å². The Kier molecular flexibility index (Phi) is 7.41. The summed E-state index contributed by atoms with van der Waals surface area (Å²) in [5.74, 6) is -2.60. The SMILES string of the molecule is CC(=O)OC1C/C(C)=C/[C@H]2[C@@H](OC(=O)C(C)C)[C@@H](C)C[C@]2(OC(C)=O)C(=O)/C(C)=C/[C@@H]2[C@H]1C2(C)C. The fourth-order valence-corrected chi connectivity index (χ4v) is 6.27. The summed E-state index contributed by atoms with van der Waals surface area (Å²) in [5, 5.41) is 0. The lowest BCUT2D eigenvalue weighted by Crippen LogP contribution is -2.49. The fourth-order valence-electron chi connectivity index (χ4n) is 6.27.